The lowest BCUT2D eigenvalue weighted by atomic mass is 9.86. The van der Waals surface area contributed by atoms with E-state index >= 15 is 0 Å². The van der Waals surface area contributed by atoms with Gasteiger partial charge in [-0.15, -0.1) is 0 Å². The van der Waals surface area contributed by atoms with Gasteiger partial charge in [-0.25, -0.2) is 8.78 Å². The largest absolute Gasteiger partial charge is 0.493 e. The first kappa shape index (κ1) is 11.2. The lowest BCUT2D eigenvalue weighted by Gasteiger charge is -2.25. The Labute approximate surface area is 93.4 Å². The van der Waals surface area contributed by atoms with Crippen LogP contribution in [0.5, 0.6) is 5.75 Å². The highest BCUT2D eigenvalue weighted by Gasteiger charge is 2.20. The van der Waals surface area contributed by atoms with Crippen molar-refractivity contribution < 1.29 is 13.5 Å². The minimum absolute atomic E-state index is 0.112. The van der Waals surface area contributed by atoms with Gasteiger partial charge < -0.3 is 10.5 Å². The molecule has 1 fully saturated rings. The van der Waals surface area contributed by atoms with Crippen LogP contribution in [0.15, 0.2) is 18.2 Å². The number of alkyl halides is 2. The standard InChI is InChI=1S/C12H15F2NO/c13-12(14)10-6-9(15)4-5-11(10)16-7-8-2-1-3-8/h4-6,8,12H,1-3,7,15H2. The first-order valence-corrected chi connectivity index (χ1v) is 5.47. The summed E-state index contributed by atoms with van der Waals surface area (Å²) in [5.74, 6) is 0.791. The first-order valence-electron chi connectivity index (χ1n) is 5.47. The van der Waals surface area contributed by atoms with Gasteiger partial charge in [0.25, 0.3) is 6.43 Å². The molecule has 1 aliphatic rings. The van der Waals surface area contributed by atoms with Gasteiger partial charge >= 0.3 is 0 Å². The minimum atomic E-state index is -2.54. The lowest BCUT2D eigenvalue weighted by Crippen LogP contribution is -2.19. The Hall–Kier alpha value is -1.32. The van der Waals surface area contributed by atoms with Crippen LogP contribution in [0.3, 0.4) is 0 Å². The Kier molecular flexibility index (Phi) is 3.27. The van der Waals surface area contributed by atoms with Crippen LogP contribution in [-0.4, -0.2) is 6.61 Å². The number of ether oxygens (including phenoxy) is 1. The maximum Gasteiger partial charge on any atom is 0.267 e. The summed E-state index contributed by atoms with van der Waals surface area (Å²) in [5.41, 5.74) is 5.70. The molecule has 1 saturated carbocycles. The van der Waals surface area contributed by atoms with E-state index in [-0.39, 0.29) is 11.3 Å². The predicted octanol–water partition coefficient (Wildman–Crippen LogP) is 3.39. The Balaban J connectivity index is 2.05. The van der Waals surface area contributed by atoms with Gasteiger partial charge in [-0.1, -0.05) is 6.42 Å². The molecule has 0 atom stereocenters. The van der Waals surface area contributed by atoms with Crippen LogP contribution in [0.25, 0.3) is 0 Å². The van der Waals surface area contributed by atoms with E-state index in [4.69, 9.17) is 10.5 Å². The maximum absolute atomic E-state index is 12.7. The molecular formula is C12H15F2NO. The van der Waals surface area contributed by atoms with Crippen molar-refractivity contribution in [2.75, 3.05) is 12.3 Å². The molecule has 2 nitrogen and oxygen atoms in total. The van der Waals surface area contributed by atoms with Gasteiger partial charge in [0.05, 0.1) is 12.2 Å². The van der Waals surface area contributed by atoms with Crippen molar-refractivity contribution in [3.63, 3.8) is 0 Å². The molecule has 1 aromatic rings. The van der Waals surface area contributed by atoms with Crippen molar-refractivity contribution in [1.29, 1.82) is 0 Å². The van der Waals surface area contributed by atoms with Gasteiger partial charge in [0.2, 0.25) is 0 Å². The summed E-state index contributed by atoms with van der Waals surface area (Å²) in [6.07, 6.45) is 0.954. The maximum atomic E-state index is 12.7. The lowest BCUT2D eigenvalue weighted by molar-refractivity contribution is 0.136. The van der Waals surface area contributed by atoms with Crippen LogP contribution in [0.4, 0.5) is 14.5 Å². The number of rotatable bonds is 4. The van der Waals surface area contributed by atoms with Crippen molar-refractivity contribution in [3.05, 3.63) is 23.8 Å². The highest BCUT2D eigenvalue weighted by molar-refractivity contribution is 5.48. The second-order valence-corrected chi connectivity index (χ2v) is 4.21. The highest BCUT2D eigenvalue weighted by Crippen LogP contribution is 2.33. The zero-order valence-corrected chi connectivity index (χ0v) is 8.96. The molecule has 2 rings (SSSR count). The second-order valence-electron chi connectivity index (χ2n) is 4.21. The van der Waals surface area contributed by atoms with Crippen molar-refractivity contribution in [1.82, 2.24) is 0 Å². The fourth-order valence-corrected chi connectivity index (χ4v) is 1.74. The van der Waals surface area contributed by atoms with Crippen molar-refractivity contribution in [2.24, 2.45) is 5.92 Å². The molecule has 2 N–H and O–H groups in total. The van der Waals surface area contributed by atoms with Gasteiger partial charge in [0.15, 0.2) is 0 Å². The summed E-state index contributed by atoms with van der Waals surface area (Å²) < 4.78 is 30.8. The van der Waals surface area contributed by atoms with Crippen LogP contribution in [0.2, 0.25) is 0 Å². The third kappa shape index (κ3) is 2.43. The fraction of sp³-hybridized carbons (Fsp3) is 0.500. The fourth-order valence-electron chi connectivity index (χ4n) is 1.74. The molecule has 1 aromatic carbocycles. The number of anilines is 1. The van der Waals surface area contributed by atoms with Gasteiger partial charge in [0.1, 0.15) is 5.75 Å². The summed E-state index contributed by atoms with van der Waals surface area (Å²) in [6, 6.07) is 4.39. The van der Waals surface area contributed by atoms with Crippen LogP contribution in [-0.2, 0) is 0 Å². The molecule has 0 aliphatic heterocycles. The van der Waals surface area contributed by atoms with E-state index in [1.165, 1.54) is 18.6 Å². The van der Waals surface area contributed by atoms with Crippen molar-refractivity contribution in [2.45, 2.75) is 25.7 Å². The normalized spacial score (nSPS) is 16.2. The number of halogens is 2. The molecule has 0 aromatic heterocycles. The third-order valence-corrected chi connectivity index (χ3v) is 2.97. The number of hydrogen-bond acceptors (Lipinski definition) is 2. The topological polar surface area (TPSA) is 35.2 Å². The molecule has 0 saturated heterocycles. The van der Waals surface area contributed by atoms with Gasteiger partial charge in [0, 0.05) is 5.69 Å². The van der Waals surface area contributed by atoms with E-state index in [0.717, 1.165) is 12.8 Å². The summed E-state index contributed by atoms with van der Waals surface area (Å²) in [7, 11) is 0. The monoisotopic (exact) mass is 227 g/mol. The van der Waals surface area contributed by atoms with E-state index in [1.807, 2.05) is 0 Å². The van der Waals surface area contributed by atoms with Gasteiger partial charge in [-0.3, -0.25) is 0 Å². The zero-order valence-electron chi connectivity index (χ0n) is 8.96. The molecule has 0 bridgehead atoms. The molecule has 0 heterocycles. The number of nitrogen functional groups attached to an aromatic ring is 1. The molecule has 88 valence electrons. The molecule has 16 heavy (non-hydrogen) atoms. The second kappa shape index (κ2) is 4.68. The number of hydrogen-bond donors (Lipinski definition) is 1. The molecular weight excluding hydrogens is 212 g/mol. The van der Waals surface area contributed by atoms with Crippen molar-refractivity contribution >= 4 is 5.69 Å². The highest BCUT2D eigenvalue weighted by atomic mass is 19.3. The first-order chi connectivity index (χ1) is 7.66. The smallest absolute Gasteiger partial charge is 0.267 e. The minimum Gasteiger partial charge on any atom is -0.493 e. The van der Waals surface area contributed by atoms with E-state index in [1.54, 1.807) is 6.07 Å². The molecule has 4 heteroatoms. The van der Waals surface area contributed by atoms with Crippen LogP contribution in [0, 0.1) is 5.92 Å². The molecule has 0 spiro atoms. The van der Waals surface area contributed by atoms with Crippen LogP contribution >= 0.6 is 0 Å². The van der Waals surface area contributed by atoms with E-state index < -0.39 is 6.43 Å². The third-order valence-electron chi connectivity index (χ3n) is 2.97. The SMILES string of the molecule is Nc1ccc(OCC2CCC2)c(C(F)F)c1. The number of benzene rings is 1. The van der Waals surface area contributed by atoms with E-state index in [0.29, 0.717) is 18.2 Å². The molecule has 0 radical (unpaired) electrons. The molecule has 1 aliphatic carbocycles. The van der Waals surface area contributed by atoms with Crippen LogP contribution < -0.4 is 10.5 Å². The quantitative estimate of drug-likeness (QED) is 0.800. The predicted molar refractivity (Wildman–Crippen MR) is 58.6 cm³/mol. The van der Waals surface area contributed by atoms with E-state index in [9.17, 15) is 8.78 Å². The van der Waals surface area contributed by atoms with E-state index in [2.05, 4.69) is 0 Å². The Bertz CT molecular complexity index is 364. The summed E-state index contributed by atoms with van der Waals surface area (Å²) in [4.78, 5) is 0. The summed E-state index contributed by atoms with van der Waals surface area (Å²) in [5, 5.41) is 0. The Morgan fingerprint density at radius 3 is 2.69 bits per heavy atom. The van der Waals surface area contributed by atoms with Gasteiger partial charge in [-0.2, -0.15) is 0 Å². The summed E-state index contributed by atoms with van der Waals surface area (Å²) >= 11 is 0. The Morgan fingerprint density at radius 1 is 1.38 bits per heavy atom. The average molecular weight is 227 g/mol. The van der Waals surface area contributed by atoms with Crippen LogP contribution in [0.1, 0.15) is 31.3 Å². The summed E-state index contributed by atoms with van der Waals surface area (Å²) in [6.45, 7) is 0.531. The molecule has 0 unspecified atom stereocenters. The number of nitrogens with two attached hydrogens (primary N) is 1. The zero-order chi connectivity index (χ0) is 11.5. The molecule has 0 amide bonds. The Morgan fingerprint density at radius 2 is 2.12 bits per heavy atom. The van der Waals surface area contributed by atoms with Crippen molar-refractivity contribution in [3.8, 4) is 5.75 Å². The average Bonchev–Trinajstić information content (AvgIpc) is 2.17. The van der Waals surface area contributed by atoms with Gasteiger partial charge in [-0.05, 0) is 37.0 Å².